The van der Waals surface area contributed by atoms with Crippen molar-refractivity contribution in [2.24, 2.45) is 0 Å². The van der Waals surface area contributed by atoms with Crippen LogP contribution in [0.25, 0.3) is 0 Å². The Morgan fingerprint density at radius 2 is 1.95 bits per heavy atom. The van der Waals surface area contributed by atoms with E-state index in [4.69, 9.17) is 21.6 Å². The number of amides is 1. The van der Waals surface area contributed by atoms with Crippen molar-refractivity contribution < 1.29 is 19.8 Å². The highest BCUT2D eigenvalue weighted by molar-refractivity contribution is 6.62. The topological polar surface area (TPSA) is 113 Å². The predicted molar refractivity (Wildman–Crippen MR) is 82.3 cm³/mol. The Kier molecular flexibility index (Phi) is 4.76. The minimum absolute atomic E-state index is 0.0293. The Bertz CT molecular complexity index is 738. The van der Waals surface area contributed by atoms with Crippen LogP contribution in [0.3, 0.4) is 0 Å². The van der Waals surface area contributed by atoms with Gasteiger partial charge in [-0.25, -0.2) is 0 Å². The summed E-state index contributed by atoms with van der Waals surface area (Å²) < 4.78 is 0. The lowest BCUT2D eigenvalue weighted by molar-refractivity contribution is -0.384. The molecule has 1 amide bonds. The molecule has 0 spiro atoms. The van der Waals surface area contributed by atoms with Crippen molar-refractivity contribution in [2.45, 2.75) is 0 Å². The predicted octanol–water partition coefficient (Wildman–Crippen LogP) is 1.18. The van der Waals surface area contributed by atoms with E-state index < -0.39 is 17.9 Å². The van der Waals surface area contributed by atoms with Gasteiger partial charge in [0.2, 0.25) is 0 Å². The number of nitrogens with zero attached hydrogens (tertiary/aromatic N) is 1. The molecule has 3 N–H and O–H groups in total. The molecule has 0 atom stereocenters. The van der Waals surface area contributed by atoms with Crippen LogP contribution in [0, 0.1) is 10.1 Å². The van der Waals surface area contributed by atoms with Gasteiger partial charge >= 0.3 is 7.12 Å². The van der Waals surface area contributed by atoms with E-state index in [1.807, 2.05) is 0 Å². The van der Waals surface area contributed by atoms with Gasteiger partial charge in [0.15, 0.2) is 0 Å². The molecule has 2 aromatic rings. The van der Waals surface area contributed by atoms with Crippen molar-refractivity contribution in [1.29, 1.82) is 0 Å². The molecule has 0 bridgehead atoms. The Labute approximate surface area is 130 Å². The highest BCUT2D eigenvalue weighted by Gasteiger charge is 2.17. The second-order valence-corrected chi connectivity index (χ2v) is 4.78. The Hall–Kier alpha value is -2.42. The second kappa shape index (κ2) is 6.57. The van der Waals surface area contributed by atoms with Gasteiger partial charge in [-0.05, 0) is 18.2 Å². The summed E-state index contributed by atoms with van der Waals surface area (Å²) in [5.74, 6) is -0.527. The molecule has 2 rings (SSSR count). The smallest absolute Gasteiger partial charge is 0.423 e. The van der Waals surface area contributed by atoms with Gasteiger partial charge in [0, 0.05) is 33.9 Å². The van der Waals surface area contributed by atoms with Crippen molar-refractivity contribution in [3.63, 3.8) is 0 Å². The molecule has 0 aromatic heterocycles. The number of carbonyl (C=O) groups excluding carboxylic acids is 1. The lowest BCUT2D eigenvalue weighted by Gasteiger charge is -2.08. The average Bonchev–Trinajstić information content (AvgIpc) is 2.46. The second-order valence-electron chi connectivity index (χ2n) is 4.37. The number of carbonyl (C=O) groups is 1. The molecule has 0 radical (unpaired) electrons. The normalized spacial score (nSPS) is 10.1. The lowest BCUT2D eigenvalue weighted by atomic mass is 9.80. The first-order valence-corrected chi connectivity index (χ1v) is 6.47. The fourth-order valence-corrected chi connectivity index (χ4v) is 2.06. The van der Waals surface area contributed by atoms with Gasteiger partial charge in [-0.2, -0.15) is 0 Å². The van der Waals surface area contributed by atoms with E-state index in [-0.39, 0.29) is 27.4 Å². The van der Waals surface area contributed by atoms with Crippen LogP contribution >= 0.6 is 11.6 Å². The van der Waals surface area contributed by atoms with Crippen LogP contribution in [-0.4, -0.2) is 28.0 Å². The molecule has 0 saturated heterocycles. The quantitative estimate of drug-likeness (QED) is 0.445. The molecule has 0 aliphatic rings. The highest BCUT2D eigenvalue weighted by atomic mass is 35.5. The third kappa shape index (κ3) is 3.61. The van der Waals surface area contributed by atoms with Gasteiger partial charge in [0.05, 0.1) is 4.92 Å². The molecule has 0 saturated carbocycles. The molecular formula is C13H10BClN2O5. The van der Waals surface area contributed by atoms with E-state index in [9.17, 15) is 14.9 Å². The summed E-state index contributed by atoms with van der Waals surface area (Å²) in [7, 11) is -1.73. The van der Waals surface area contributed by atoms with Gasteiger partial charge in [-0.3, -0.25) is 14.9 Å². The van der Waals surface area contributed by atoms with Gasteiger partial charge in [-0.15, -0.1) is 0 Å². The fraction of sp³-hybridized carbons (Fsp3) is 0. The number of benzene rings is 2. The van der Waals surface area contributed by atoms with E-state index in [2.05, 4.69) is 5.32 Å². The zero-order valence-corrected chi connectivity index (χ0v) is 11.8. The van der Waals surface area contributed by atoms with Gasteiger partial charge < -0.3 is 15.4 Å². The summed E-state index contributed by atoms with van der Waals surface area (Å²) in [6, 6.07) is 9.46. The maximum atomic E-state index is 12.1. The number of non-ortho nitro benzene ring substituents is 1. The number of nitro groups is 1. The summed E-state index contributed by atoms with van der Waals surface area (Å²) in [6.45, 7) is 0. The van der Waals surface area contributed by atoms with Gasteiger partial charge in [0.25, 0.3) is 11.6 Å². The van der Waals surface area contributed by atoms with Gasteiger partial charge in [0.1, 0.15) is 0 Å². The van der Waals surface area contributed by atoms with Crippen molar-refractivity contribution in [3.8, 4) is 0 Å². The van der Waals surface area contributed by atoms with Crippen molar-refractivity contribution in [1.82, 2.24) is 0 Å². The van der Waals surface area contributed by atoms with Crippen molar-refractivity contribution in [3.05, 3.63) is 63.2 Å². The molecule has 0 fully saturated rings. The summed E-state index contributed by atoms with van der Waals surface area (Å²) >= 11 is 5.85. The number of nitro benzene ring substituents is 1. The maximum absolute atomic E-state index is 12.1. The monoisotopic (exact) mass is 320 g/mol. The van der Waals surface area contributed by atoms with E-state index in [0.29, 0.717) is 0 Å². The largest absolute Gasteiger partial charge is 0.489 e. The van der Waals surface area contributed by atoms with E-state index in [1.165, 1.54) is 42.5 Å². The molecule has 9 heteroatoms. The number of halogens is 1. The molecule has 22 heavy (non-hydrogen) atoms. The van der Waals surface area contributed by atoms with Crippen molar-refractivity contribution in [2.75, 3.05) is 5.32 Å². The summed E-state index contributed by atoms with van der Waals surface area (Å²) in [4.78, 5) is 22.2. The minimum Gasteiger partial charge on any atom is -0.423 e. The van der Waals surface area contributed by atoms with Crippen LogP contribution in [-0.2, 0) is 0 Å². The SMILES string of the molecule is O=C(Nc1cccc([N+](=O)[O-])c1)c1ccc(B(O)O)c(Cl)c1. The Morgan fingerprint density at radius 1 is 1.23 bits per heavy atom. The van der Waals surface area contributed by atoms with E-state index >= 15 is 0 Å². The number of rotatable bonds is 4. The number of nitrogens with one attached hydrogen (secondary N) is 1. The summed E-state index contributed by atoms with van der Waals surface area (Å²) in [6.07, 6.45) is 0. The summed E-state index contributed by atoms with van der Waals surface area (Å²) in [5.41, 5.74) is 0.380. The number of anilines is 1. The molecule has 0 heterocycles. The number of hydrogen-bond acceptors (Lipinski definition) is 5. The molecule has 0 aliphatic heterocycles. The average molecular weight is 320 g/mol. The standard InChI is InChI=1S/C13H10BClN2O5/c15-12-6-8(4-5-11(12)14(19)20)13(18)16-9-2-1-3-10(7-9)17(21)22/h1-7,19-20H,(H,16,18). The molecular weight excluding hydrogens is 310 g/mol. The first-order chi connectivity index (χ1) is 10.4. The zero-order chi connectivity index (χ0) is 16.3. The first-order valence-electron chi connectivity index (χ1n) is 6.10. The van der Waals surface area contributed by atoms with Crippen LogP contribution in [0.2, 0.25) is 5.02 Å². The maximum Gasteiger partial charge on any atom is 0.489 e. The van der Waals surface area contributed by atoms with E-state index in [0.717, 1.165) is 0 Å². The van der Waals surface area contributed by atoms with E-state index in [1.54, 1.807) is 0 Å². The molecule has 0 unspecified atom stereocenters. The third-order valence-electron chi connectivity index (χ3n) is 2.86. The van der Waals surface area contributed by atoms with Crippen LogP contribution in [0.5, 0.6) is 0 Å². The molecule has 2 aromatic carbocycles. The third-order valence-corrected chi connectivity index (χ3v) is 3.18. The van der Waals surface area contributed by atoms with Crippen LogP contribution in [0.1, 0.15) is 10.4 Å². The Balaban J connectivity index is 2.21. The van der Waals surface area contributed by atoms with Crippen LogP contribution in [0.15, 0.2) is 42.5 Å². The Morgan fingerprint density at radius 3 is 2.55 bits per heavy atom. The van der Waals surface area contributed by atoms with Gasteiger partial charge in [-0.1, -0.05) is 23.7 Å². The molecule has 0 aliphatic carbocycles. The minimum atomic E-state index is -1.73. The zero-order valence-electron chi connectivity index (χ0n) is 11.1. The van der Waals surface area contributed by atoms with Crippen molar-refractivity contribution >= 4 is 41.5 Å². The van der Waals surface area contributed by atoms with Crippen LogP contribution in [0.4, 0.5) is 11.4 Å². The highest BCUT2D eigenvalue weighted by Crippen LogP contribution is 2.18. The van der Waals surface area contributed by atoms with Crippen LogP contribution < -0.4 is 10.8 Å². The molecule has 112 valence electrons. The fourth-order valence-electron chi connectivity index (χ4n) is 1.78. The first kappa shape index (κ1) is 16.0. The number of hydrogen-bond donors (Lipinski definition) is 3. The summed E-state index contributed by atoms with van der Waals surface area (Å²) in [5, 5.41) is 31.3. The lowest BCUT2D eigenvalue weighted by Crippen LogP contribution is -2.31. The molecule has 7 nitrogen and oxygen atoms in total.